The molecule has 1 fully saturated rings. The van der Waals surface area contributed by atoms with Crippen LogP contribution in [0.5, 0.6) is 0 Å². The number of carbonyl (C=O) groups is 1. The molecular formula is C10H16O2. The van der Waals surface area contributed by atoms with Gasteiger partial charge < -0.3 is 5.11 Å². The minimum Gasteiger partial charge on any atom is -0.478 e. The van der Waals surface area contributed by atoms with Crippen LogP contribution in [-0.2, 0) is 4.79 Å². The van der Waals surface area contributed by atoms with Crippen molar-refractivity contribution in [1.29, 1.82) is 0 Å². The Labute approximate surface area is 73.3 Å². The van der Waals surface area contributed by atoms with Crippen molar-refractivity contribution in [2.24, 2.45) is 11.8 Å². The molecule has 0 aromatic carbocycles. The number of carboxylic acid groups (broad SMARTS) is 1. The summed E-state index contributed by atoms with van der Waals surface area (Å²) >= 11 is 0. The van der Waals surface area contributed by atoms with Crippen LogP contribution in [0.4, 0.5) is 0 Å². The summed E-state index contributed by atoms with van der Waals surface area (Å²) in [6.45, 7) is 4.10. The third kappa shape index (κ3) is 2.36. The fraction of sp³-hybridized carbons (Fsp3) is 0.700. The topological polar surface area (TPSA) is 37.3 Å². The standard InChI is InChI=1S/C10H16O2/c1-3-4-8-6-9(8)7(2)5-10(11)12/h5,8-9H,3-4,6H2,1-2H3,(H,11,12)/b7-5+/t8-,9+/m1/s1. The lowest BCUT2D eigenvalue weighted by molar-refractivity contribution is -0.131. The first-order valence-electron chi connectivity index (χ1n) is 4.56. The van der Waals surface area contributed by atoms with E-state index >= 15 is 0 Å². The van der Waals surface area contributed by atoms with Crippen molar-refractivity contribution >= 4 is 5.97 Å². The third-order valence-corrected chi connectivity index (χ3v) is 2.52. The van der Waals surface area contributed by atoms with Crippen molar-refractivity contribution in [3.8, 4) is 0 Å². The van der Waals surface area contributed by atoms with E-state index in [-0.39, 0.29) is 0 Å². The van der Waals surface area contributed by atoms with E-state index in [1.807, 2.05) is 6.92 Å². The zero-order valence-corrected chi connectivity index (χ0v) is 7.71. The van der Waals surface area contributed by atoms with Gasteiger partial charge in [-0.05, 0) is 25.2 Å². The molecule has 1 rings (SSSR count). The number of aliphatic carboxylic acids is 1. The van der Waals surface area contributed by atoms with Gasteiger partial charge in [0.1, 0.15) is 0 Å². The molecule has 0 aliphatic heterocycles. The molecule has 2 heteroatoms. The minimum atomic E-state index is -0.811. The highest BCUT2D eigenvalue weighted by Gasteiger charge is 2.36. The summed E-state index contributed by atoms with van der Waals surface area (Å²) in [5.74, 6) is 0.529. The van der Waals surface area contributed by atoms with Crippen LogP contribution in [0.2, 0.25) is 0 Å². The number of hydrogen-bond acceptors (Lipinski definition) is 1. The molecule has 2 nitrogen and oxygen atoms in total. The van der Waals surface area contributed by atoms with E-state index in [1.54, 1.807) is 0 Å². The second-order valence-electron chi connectivity index (χ2n) is 3.62. The van der Waals surface area contributed by atoms with Gasteiger partial charge in [-0.15, -0.1) is 0 Å². The fourth-order valence-corrected chi connectivity index (χ4v) is 1.80. The molecule has 0 aromatic rings. The molecule has 0 unspecified atom stereocenters. The summed E-state index contributed by atoms with van der Waals surface area (Å²) in [6, 6.07) is 0. The van der Waals surface area contributed by atoms with Crippen molar-refractivity contribution in [2.75, 3.05) is 0 Å². The Morgan fingerprint density at radius 3 is 2.83 bits per heavy atom. The molecule has 0 radical (unpaired) electrons. The first-order valence-corrected chi connectivity index (χ1v) is 4.56. The molecule has 1 saturated carbocycles. The van der Waals surface area contributed by atoms with E-state index in [0.29, 0.717) is 5.92 Å². The van der Waals surface area contributed by atoms with E-state index < -0.39 is 5.97 Å². The maximum absolute atomic E-state index is 10.3. The van der Waals surface area contributed by atoms with E-state index in [4.69, 9.17) is 5.11 Å². The normalized spacial score (nSPS) is 28.7. The molecule has 1 aliphatic carbocycles. The second kappa shape index (κ2) is 3.74. The Balaban J connectivity index is 2.37. The molecule has 0 bridgehead atoms. The SMILES string of the molecule is CCC[C@@H]1C[C@H]1/C(C)=C/C(=O)O. The summed E-state index contributed by atoms with van der Waals surface area (Å²) in [5, 5.41) is 8.50. The van der Waals surface area contributed by atoms with Gasteiger partial charge in [0.2, 0.25) is 0 Å². The van der Waals surface area contributed by atoms with Crippen LogP contribution in [0.15, 0.2) is 11.6 Å². The van der Waals surface area contributed by atoms with Crippen LogP contribution in [0, 0.1) is 11.8 Å². The molecule has 0 aromatic heterocycles. The van der Waals surface area contributed by atoms with Crippen LogP contribution in [0.1, 0.15) is 33.1 Å². The van der Waals surface area contributed by atoms with Crippen LogP contribution in [-0.4, -0.2) is 11.1 Å². The van der Waals surface area contributed by atoms with Crippen molar-refractivity contribution < 1.29 is 9.90 Å². The summed E-state index contributed by atoms with van der Waals surface area (Å²) < 4.78 is 0. The van der Waals surface area contributed by atoms with Crippen LogP contribution in [0.3, 0.4) is 0 Å². The van der Waals surface area contributed by atoms with Gasteiger partial charge in [-0.2, -0.15) is 0 Å². The number of rotatable bonds is 4. The number of carboxylic acids is 1. The van der Waals surface area contributed by atoms with Gasteiger partial charge >= 0.3 is 5.97 Å². The highest BCUT2D eigenvalue weighted by Crippen LogP contribution is 2.46. The summed E-state index contributed by atoms with van der Waals surface area (Å²) in [6.07, 6.45) is 5.00. The lowest BCUT2D eigenvalue weighted by Gasteiger charge is -1.96. The van der Waals surface area contributed by atoms with Gasteiger partial charge in [0.05, 0.1) is 0 Å². The Bertz CT molecular complexity index is 206. The molecule has 0 saturated heterocycles. The predicted octanol–water partition coefficient (Wildman–Crippen LogP) is 2.45. The largest absolute Gasteiger partial charge is 0.478 e. The Morgan fingerprint density at radius 1 is 1.67 bits per heavy atom. The lowest BCUT2D eigenvalue weighted by atomic mass is 10.1. The van der Waals surface area contributed by atoms with Crippen molar-refractivity contribution in [3.05, 3.63) is 11.6 Å². The van der Waals surface area contributed by atoms with Crippen LogP contribution < -0.4 is 0 Å². The smallest absolute Gasteiger partial charge is 0.328 e. The van der Waals surface area contributed by atoms with Gasteiger partial charge in [0.15, 0.2) is 0 Å². The average Bonchev–Trinajstić information content (AvgIpc) is 2.66. The van der Waals surface area contributed by atoms with Crippen molar-refractivity contribution in [1.82, 2.24) is 0 Å². The van der Waals surface area contributed by atoms with Crippen molar-refractivity contribution in [3.63, 3.8) is 0 Å². The third-order valence-electron chi connectivity index (χ3n) is 2.52. The molecule has 1 aliphatic rings. The van der Waals surface area contributed by atoms with Gasteiger partial charge in [-0.1, -0.05) is 25.3 Å². The number of hydrogen-bond donors (Lipinski definition) is 1. The Morgan fingerprint density at radius 2 is 2.33 bits per heavy atom. The number of allylic oxidation sites excluding steroid dienone is 1. The first kappa shape index (κ1) is 9.30. The maximum Gasteiger partial charge on any atom is 0.328 e. The molecule has 1 N–H and O–H groups in total. The van der Waals surface area contributed by atoms with Crippen molar-refractivity contribution in [2.45, 2.75) is 33.1 Å². The predicted molar refractivity (Wildman–Crippen MR) is 47.9 cm³/mol. The zero-order valence-electron chi connectivity index (χ0n) is 7.71. The van der Waals surface area contributed by atoms with E-state index in [0.717, 1.165) is 11.5 Å². The minimum absolute atomic E-state index is 0.570. The second-order valence-corrected chi connectivity index (χ2v) is 3.62. The highest BCUT2D eigenvalue weighted by molar-refractivity contribution is 5.80. The first-order chi connectivity index (χ1) is 5.65. The van der Waals surface area contributed by atoms with E-state index in [9.17, 15) is 4.79 Å². The fourth-order valence-electron chi connectivity index (χ4n) is 1.80. The Kier molecular flexibility index (Phi) is 2.90. The van der Waals surface area contributed by atoms with E-state index in [2.05, 4.69) is 6.92 Å². The Hall–Kier alpha value is -0.790. The summed E-state index contributed by atoms with van der Waals surface area (Å²) in [7, 11) is 0. The van der Waals surface area contributed by atoms with Crippen LogP contribution in [0.25, 0.3) is 0 Å². The molecule has 2 atom stereocenters. The quantitative estimate of drug-likeness (QED) is 0.655. The highest BCUT2D eigenvalue weighted by atomic mass is 16.4. The average molecular weight is 168 g/mol. The molecule has 0 amide bonds. The summed E-state index contributed by atoms with van der Waals surface area (Å²) in [4.78, 5) is 10.3. The molecule has 12 heavy (non-hydrogen) atoms. The molecule has 68 valence electrons. The lowest BCUT2D eigenvalue weighted by Crippen LogP contribution is -1.92. The van der Waals surface area contributed by atoms with Gasteiger partial charge in [0, 0.05) is 6.08 Å². The molecule has 0 heterocycles. The monoisotopic (exact) mass is 168 g/mol. The molecule has 0 spiro atoms. The molecular weight excluding hydrogens is 152 g/mol. The van der Waals surface area contributed by atoms with E-state index in [1.165, 1.54) is 25.3 Å². The van der Waals surface area contributed by atoms with Gasteiger partial charge in [-0.3, -0.25) is 0 Å². The maximum atomic E-state index is 10.3. The summed E-state index contributed by atoms with van der Waals surface area (Å²) in [5.41, 5.74) is 1.04. The van der Waals surface area contributed by atoms with Crippen LogP contribution >= 0.6 is 0 Å². The zero-order chi connectivity index (χ0) is 9.14. The van der Waals surface area contributed by atoms with Gasteiger partial charge in [0.25, 0.3) is 0 Å². The van der Waals surface area contributed by atoms with Gasteiger partial charge in [-0.25, -0.2) is 4.79 Å².